The minimum atomic E-state index is -0.885. The Hall–Kier alpha value is -3.23. The molecule has 0 aromatic carbocycles. The number of unbranched alkanes of at least 4 members (excludes halogenated alkanes) is 13. The summed E-state index contributed by atoms with van der Waals surface area (Å²) >= 11 is 0. The summed E-state index contributed by atoms with van der Waals surface area (Å²) in [7, 11) is 5.50. The molecule has 0 heterocycles. The number of allylic oxidation sites excluding steroid dienone is 12. The van der Waals surface area contributed by atoms with Gasteiger partial charge in [-0.1, -0.05) is 138 Å². The normalized spacial score (nSPS) is 13.7. The van der Waals surface area contributed by atoms with Crippen LogP contribution in [0.4, 0.5) is 0 Å². The standard InChI is InChI=1S/C48H81NO7/c1-6-8-10-12-14-16-18-19-20-21-22-23-24-25-26-27-29-31-33-35-37-39-47(51)56-44(42-54-41-40-45(48(52)53)49(3,4)5)43-55-46(50)38-36-34-32-30-28-17-15-13-11-9-7-2/h13-17,19-20,22-23,25-26,28,44-45H,6-12,18,21,24,27,29-43H2,1-5H3/p+1/b15-13+,16-14+,20-19+,23-22+,26-25+,28-17+. The van der Waals surface area contributed by atoms with Gasteiger partial charge >= 0.3 is 17.9 Å². The van der Waals surface area contributed by atoms with Crippen LogP contribution in [0.1, 0.15) is 162 Å². The van der Waals surface area contributed by atoms with Crippen molar-refractivity contribution >= 4 is 17.9 Å². The van der Waals surface area contributed by atoms with Crippen LogP contribution in [0.3, 0.4) is 0 Å². The molecular weight excluding hydrogens is 703 g/mol. The number of aliphatic carboxylic acids is 1. The molecule has 320 valence electrons. The number of ether oxygens (including phenoxy) is 3. The Labute approximate surface area is 342 Å². The smallest absolute Gasteiger partial charge is 0.362 e. The Bertz CT molecular complexity index is 1140. The first kappa shape index (κ1) is 52.8. The molecule has 0 aliphatic heterocycles. The zero-order valence-electron chi connectivity index (χ0n) is 36.3. The molecule has 0 radical (unpaired) electrons. The predicted molar refractivity (Wildman–Crippen MR) is 233 cm³/mol. The third-order valence-electron chi connectivity index (χ3n) is 9.36. The summed E-state index contributed by atoms with van der Waals surface area (Å²) in [4.78, 5) is 36.9. The van der Waals surface area contributed by atoms with Crippen LogP contribution in [0.2, 0.25) is 0 Å². The molecule has 2 atom stereocenters. The van der Waals surface area contributed by atoms with Crippen molar-refractivity contribution in [2.75, 3.05) is 41.0 Å². The summed E-state index contributed by atoms with van der Waals surface area (Å²) in [6.07, 6.45) is 48.0. The van der Waals surface area contributed by atoms with Crippen molar-refractivity contribution in [1.29, 1.82) is 0 Å². The van der Waals surface area contributed by atoms with E-state index in [-0.39, 0.29) is 36.2 Å². The number of carboxylic acid groups (broad SMARTS) is 1. The molecule has 0 aromatic rings. The van der Waals surface area contributed by atoms with Gasteiger partial charge in [0, 0.05) is 19.3 Å². The van der Waals surface area contributed by atoms with Gasteiger partial charge in [-0.3, -0.25) is 9.59 Å². The Kier molecular flexibility index (Phi) is 36.4. The van der Waals surface area contributed by atoms with Crippen LogP contribution in [0, 0.1) is 0 Å². The van der Waals surface area contributed by atoms with E-state index in [1.807, 2.05) is 21.1 Å². The van der Waals surface area contributed by atoms with E-state index in [0.29, 0.717) is 19.3 Å². The number of carboxylic acids is 1. The monoisotopic (exact) mass is 785 g/mol. The molecule has 0 saturated carbocycles. The van der Waals surface area contributed by atoms with Gasteiger partial charge in [-0.05, 0) is 77.0 Å². The van der Waals surface area contributed by atoms with Gasteiger partial charge in [0.2, 0.25) is 0 Å². The highest BCUT2D eigenvalue weighted by molar-refractivity contribution is 5.72. The zero-order valence-corrected chi connectivity index (χ0v) is 36.3. The van der Waals surface area contributed by atoms with Gasteiger partial charge in [0.15, 0.2) is 12.1 Å². The zero-order chi connectivity index (χ0) is 41.4. The van der Waals surface area contributed by atoms with Crippen molar-refractivity contribution in [3.8, 4) is 0 Å². The van der Waals surface area contributed by atoms with E-state index in [2.05, 4.69) is 86.8 Å². The van der Waals surface area contributed by atoms with E-state index in [9.17, 15) is 19.5 Å². The van der Waals surface area contributed by atoms with Crippen LogP contribution in [-0.2, 0) is 28.6 Å². The van der Waals surface area contributed by atoms with E-state index in [1.54, 1.807) is 0 Å². The fraction of sp³-hybridized carbons (Fsp3) is 0.688. The summed E-state index contributed by atoms with van der Waals surface area (Å²) < 4.78 is 17.2. The van der Waals surface area contributed by atoms with E-state index in [0.717, 1.165) is 89.9 Å². The first-order valence-corrected chi connectivity index (χ1v) is 22.0. The topological polar surface area (TPSA) is 99.1 Å². The van der Waals surface area contributed by atoms with Crippen LogP contribution in [0.25, 0.3) is 0 Å². The number of esters is 2. The minimum Gasteiger partial charge on any atom is -0.477 e. The van der Waals surface area contributed by atoms with Gasteiger partial charge in [0.05, 0.1) is 34.4 Å². The molecular formula is C48H82NO7+. The van der Waals surface area contributed by atoms with Crippen LogP contribution >= 0.6 is 0 Å². The summed E-state index contributed by atoms with van der Waals surface area (Å²) in [5.74, 6) is -1.54. The van der Waals surface area contributed by atoms with Crippen molar-refractivity contribution in [3.63, 3.8) is 0 Å². The van der Waals surface area contributed by atoms with Gasteiger partial charge in [0.1, 0.15) is 6.61 Å². The summed E-state index contributed by atoms with van der Waals surface area (Å²) in [5.41, 5.74) is 0. The average molecular weight is 785 g/mol. The molecule has 0 aromatic heterocycles. The number of hydrogen-bond donors (Lipinski definition) is 1. The quantitative estimate of drug-likeness (QED) is 0.0219. The van der Waals surface area contributed by atoms with Gasteiger partial charge in [-0.15, -0.1) is 0 Å². The maximum Gasteiger partial charge on any atom is 0.362 e. The molecule has 8 heteroatoms. The molecule has 0 fully saturated rings. The highest BCUT2D eigenvalue weighted by Crippen LogP contribution is 2.12. The SMILES string of the molecule is CCCC/C=C/C=C/CCCCCC(=O)OCC(COCCC(C(=O)O)[N+](C)(C)C)OC(=O)CCCCCCC/C=C/C/C=C/C/C=C/C/C=C/CCCCC. The van der Waals surface area contributed by atoms with Gasteiger partial charge in [0.25, 0.3) is 0 Å². The van der Waals surface area contributed by atoms with Crippen LogP contribution in [0.5, 0.6) is 0 Å². The number of carbonyl (C=O) groups excluding carboxylic acids is 2. The lowest BCUT2D eigenvalue weighted by Crippen LogP contribution is -2.50. The molecule has 0 aliphatic carbocycles. The molecule has 2 unspecified atom stereocenters. The molecule has 0 aliphatic rings. The van der Waals surface area contributed by atoms with Crippen LogP contribution in [0.15, 0.2) is 72.9 Å². The second-order valence-electron chi connectivity index (χ2n) is 15.6. The number of carbonyl (C=O) groups is 3. The Morgan fingerprint density at radius 3 is 1.57 bits per heavy atom. The molecule has 1 N–H and O–H groups in total. The van der Waals surface area contributed by atoms with E-state index in [1.165, 1.54) is 38.5 Å². The number of nitrogens with zero attached hydrogens (tertiary/aromatic N) is 1. The molecule has 56 heavy (non-hydrogen) atoms. The molecule has 0 bridgehead atoms. The highest BCUT2D eigenvalue weighted by atomic mass is 16.6. The number of likely N-dealkylation sites (N-methyl/N-ethyl adjacent to an activating group) is 1. The van der Waals surface area contributed by atoms with Crippen molar-refractivity contribution in [2.24, 2.45) is 0 Å². The fourth-order valence-electron chi connectivity index (χ4n) is 5.87. The highest BCUT2D eigenvalue weighted by Gasteiger charge is 2.31. The minimum absolute atomic E-state index is 0.0409. The average Bonchev–Trinajstić information content (AvgIpc) is 3.15. The molecule has 0 amide bonds. The predicted octanol–water partition coefficient (Wildman–Crippen LogP) is 12.0. The van der Waals surface area contributed by atoms with E-state index in [4.69, 9.17) is 14.2 Å². The van der Waals surface area contributed by atoms with Gasteiger partial charge in [-0.2, -0.15) is 0 Å². The Morgan fingerprint density at radius 2 is 1.02 bits per heavy atom. The fourth-order valence-corrected chi connectivity index (χ4v) is 5.87. The van der Waals surface area contributed by atoms with Crippen molar-refractivity contribution in [2.45, 2.75) is 174 Å². The Balaban J connectivity index is 4.40. The first-order valence-electron chi connectivity index (χ1n) is 22.0. The lowest BCUT2D eigenvalue weighted by atomic mass is 10.1. The molecule has 0 rings (SSSR count). The van der Waals surface area contributed by atoms with Gasteiger partial charge in [-0.25, -0.2) is 4.79 Å². The van der Waals surface area contributed by atoms with Gasteiger partial charge < -0.3 is 23.8 Å². The lowest BCUT2D eigenvalue weighted by Gasteiger charge is -2.31. The second-order valence-corrected chi connectivity index (χ2v) is 15.6. The van der Waals surface area contributed by atoms with Crippen LogP contribution in [-0.4, -0.2) is 80.6 Å². The summed E-state index contributed by atoms with van der Waals surface area (Å²) in [5, 5.41) is 9.61. The number of hydrogen-bond acceptors (Lipinski definition) is 6. The van der Waals surface area contributed by atoms with E-state index < -0.39 is 18.1 Å². The summed E-state index contributed by atoms with van der Waals surface area (Å²) in [6, 6.07) is -0.625. The number of rotatable bonds is 38. The lowest BCUT2D eigenvalue weighted by molar-refractivity contribution is -0.887. The molecule has 0 spiro atoms. The maximum atomic E-state index is 12.7. The third-order valence-corrected chi connectivity index (χ3v) is 9.36. The maximum absolute atomic E-state index is 12.7. The van der Waals surface area contributed by atoms with Crippen LogP contribution < -0.4 is 0 Å². The first-order chi connectivity index (χ1) is 27.1. The van der Waals surface area contributed by atoms with E-state index >= 15 is 0 Å². The van der Waals surface area contributed by atoms with Crippen molar-refractivity contribution in [1.82, 2.24) is 0 Å². The Morgan fingerprint density at radius 1 is 0.554 bits per heavy atom. The third kappa shape index (κ3) is 36.4. The number of quaternary nitrogens is 1. The molecule has 0 saturated heterocycles. The largest absolute Gasteiger partial charge is 0.477 e. The summed E-state index contributed by atoms with van der Waals surface area (Å²) in [6.45, 7) is 4.59. The second kappa shape index (κ2) is 38.6. The van der Waals surface area contributed by atoms with Crippen molar-refractivity contribution < 1.29 is 38.2 Å². The van der Waals surface area contributed by atoms with Crippen molar-refractivity contribution in [3.05, 3.63) is 72.9 Å². The molecule has 8 nitrogen and oxygen atoms in total.